The van der Waals surface area contributed by atoms with Gasteiger partial charge in [0, 0.05) is 30.5 Å². The quantitative estimate of drug-likeness (QED) is 0.256. The Hall–Kier alpha value is -2.47. The van der Waals surface area contributed by atoms with Gasteiger partial charge >= 0.3 is 0 Å². The van der Waals surface area contributed by atoms with Crippen LogP contribution in [-0.4, -0.2) is 43.3 Å². The highest BCUT2D eigenvalue weighted by Gasteiger charge is 2.35. The zero-order chi connectivity index (χ0) is 22.5. The summed E-state index contributed by atoms with van der Waals surface area (Å²) in [7, 11) is 3.80. The Labute approximate surface area is 186 Å². The van der Waals surface area contributed by atoms with Crippen LogP contribution in [0.5, 0.6) is 17.2 Å². The minimum atomic E-state index is 0.0417. The van der Waals surface area contributed by atoms with Gasteiger partial charge in [0.15, 0.2) is 11.5 Å². The smallest absolute Gasteiger partial charge is 0.231 e. The van der Waals surface area contributed by atoms with Crippen LogP contribution in [0.15, 0.2) is 34.5 Å². The summed E-state index contributed by atoms with van der Waals surface area (Å²) in [5.41, 5.74) is 5.69. The van der Waals surface area contributed by atoms with Gasteiger partial charge in [-0.1, -0.05) is 28.5 Å². The SMILES string of the molecule is COc1c2c(cc3c1[C@@H](C/C(=N/O)C(CC=C(C)C)CC=C(C)C)N(C)CC3)OCO2. The summed E-state index contributed by atoms with van der Waals surface area (Å²) >= 11 is 0. The molecule has 0 fully saturated rings. The zero-order valence-corrected chi connectivity index (χ0v) is 19.7. The summed E-state index contributed by atoms with van der Waals surface area (Å²) in [5.74, 6) is 2.31. The van der Waals surface area contributed by atoms with E-state index in [9.17, 15) is 5.21 Å². The number of hydrogen-bond acceptors (Lipinski definition) is 6. The molecule has 0 unspecified atom stereocenters. The molecule has 0 aliphatic carbocycles. The van der Waals surface area contributed by atoms with Crippen molar-refractivity contribution in [1.29, 1.82) is 0 Å². The second-order valence-corrected chi connectivity index (χ2v) is 8.99. The second kappa shape index (κ2) is 10.2. The number of fused-ring (bicyclic) bond motifs is 2. The van der Waals surface area contributed by atoms with Gasteiger partial charge in [0.25, 0.3) is 0 Å². The third-order valence-corrected chi connectivity index (χ3v) is 6.17. The van der Waals surface area contributed by atoms with E-state index < -0.39 is 0 Å². The van der Waals surface area contributed by atoms with E-state index in [2.05, 4.69) is 63.0 Å². The van der Waals surface area contributed by atoms with E-state index in [1.165, 1.54) is 16.7 Å². The normalized spacial score (nSPS) is 18.0. The van der Waals surface area contributed by atoms with Gasteiger partial charge in [-0.2, -0.15) is 0 Å². The van der Waals surface area contributed by atoms with Crippen LogP contribution < -0.4 is 14.2 Å². The standard InChI is InChI=1S/C25H36N2O4/c1-16(2)7-9-18(10-8-17(3)4)20(26-28)14-21-23-19(11-12-27(21)5)13-22-24(25(23)29-6)31-15-30-22/h7-8,13,18,21,28H,9-12,14-15H2,1-6H3/b26-20-/t21-/m1/s1. The number of oxime groups is 1. The summed E-state index contributed by atoms with van der Waals surface area (Å²) < 4.78 is 17.2. The highest BCUT2D eigenvalue weighted by molar-refractivity contribution is 5.87. The molecule has 2 aliphatic rings. The van der Waals surface area contributed by atoms with Gasteiger partial charge in [-0.3, -0.25) is 4.90 Å². The zero-order valence-electron chi connectivity index (χ0n) is 19.7. The van der Waals surface area contributed by atoms with Crippen LogP contribution >= 0.6 is 0 Å². The molecule has 1 aromatic rings. The van der Waals surface area contributed by atoms with Crippen LogP contribution in [0.2, 0.25) is 0 Å². The first kappa shape index (κ1) is 23.2. The van der Waals surface area contributed by atoms with Crippen LogP contribution in [0.25, 0.3) is 0 Å². The molecular formula is C25H36N2O4. The molecule has 0 amide bonds. The van der Waals surface area contributed by atoms with E-state index in [0.717, 1.165) is 48.6 Å². The number of methoxy groups -OCH3 is 1. The maximum absolute atomic E-state index is 10.0. The lowest BCUT2D eigenvalue weighted by Gasteiger charge is -2.36. The van der Waals surface area contributed by atoms with Crippen LogP contribution in [-0.2, 0) is 6.42 Å². The predicted octanol–water partition coefficient (Wildman–Crippen LogP) is 5.50. The minimum Gasteiger partial charge on any atom is -0.492 e. The molecule has 0 bridgehead atoms. The maximum Gasteiger partial charge on any atom is 0.231 e. The van der Waals surface area contributed by atoms with Crippen molar-refractivity contribution in [2.24, 2.45) is 11.1 Å². The molecule has 1 aromatic carbocycles. The Kier molecular flexibility index (Phi) is 7.65. The monoisotopic (exact) mass is 428 g/mol. The molecule has 0 radical (unpaired) electrons. The lowest BCUT2D eigenvalue weighted by molar-refractivity contribution is 0.170. The van der Waals surface area contributed by atoms with Gasteiger partial charge in [0.05, 0.1) is 12.8 Å². The maximum atomic E-state index is 10.0. The van der Waals surface area contributed by atoms with Crippen molar-refractivity contribution < 1.29 is 19.4 Å². The van der Waals surface area contributed by atoms with Crippen LogP contribution in [0.1, 0.15) is 64.1 Å². The molecule has 6 heteroatoms. The van der Waals surface area contributed by atoms with Crippen molar-refractivity contribution in [3.8, 4) is 17.2 Å². The van der Waals surface area contributed by atoms with Crippen molar-refractivity contribution in [1.82, 2.24) is 4.90 Å². The molecule has 170 valence electrons. The highest BCUT2D eigenvalue weighted by Crippen LogP contribution is 2.50. The number of allylic oxidation sites excluding steroid dienone is 4. The van der Waals surface area contributed by atoms with Crippen LogP contribution in [0.3, 0.4) is 0 Å². The molecule has 6 nitrogen and oxygen atoms in total. The van der Waals surface area contributed by atoms with E-state index in [1.54, 1.807) is 7.11 Å². The van der Waals surface area contributed by atoms with Crippen molar-refractivity contribution in [3.63, 3.8) is 0 Å². The first-order valence-corrected chi connectivity index (χ1v) is 11.0. The van der Waals surface area contributed by atoms with Crippen LogP contribution in [0, 0.1) is 5.92 Å². The Morgan fingerprint density at radius 3 is 2.48 bits per heavy atom. The number of ether oxygens (including phenoxy) is 3. The fourth-order valence-corrected chi connectivity index (χ4v) is 4.39. The molecule has 2 heterocycles. The van der Waals surface area contributed by atoms with Gasteiger partial charge in [0.2, 0.25) is 12.5 Å². The van der Waals surface area contributed by atoms with E-state index in [-0.39, 0.29) is 18.8 Å². The number of nitrogens with zero attached hydrogens (tertiary/aromatic N) is 2. The molecule has 0 saturated heterocycles. The topological polar surface area (TPSA) is 63.5 Å². The fourth-order valence-electron chi connectivity index (χ4n) is 4.39. The van der Waals surface area contributed by atoms with Gasteiger partial charge < -0.3 is 19.4 Å². The fraction of sp³-hybridized carbons (Fsp3) is 0.560. The average Bonchev–Trinajstić information content (AvgIpc) is 3.20. The first-order valence-electron chi connectivity index (χ1n) is 11.0. The van der Waals surface area contributed by atoms with Gasteiger partial charge in [0.1, 0.15) is 0 Å². The third kappa shape index (κ3) is 5.24. The molecule has 0 saturated carbocycles. The van der Waals surface area contributed by atoms with Crippen molar-refractivity contribution in [2.45, 2.75) is 59.4 Å². The van der Waals surface area contributed by atoms with Crippen LogP contribution in [0.4, 0.5) is 0 Å². The average molecular weight is 429 g/mol. The number of likely N-dealkylation sites (N-methyl/N-ethyl adjacent to an activating group) is 1. The lowest BCUT2D eigenvalue weighted by atomic mass is 9.84. The Morgan fingerprint density at radius 1 is 1.23 bits per heavy atom. The molecule has 1 atom stereocenters. The Balaban J connectivity index is 1.96. The van der Waals surface area contributed by atoms with Crippen molar-refractivity contribution in [2.75, 3.05) is 27.5 Å². The van der Waals surface area contributed by atoms with E-state index >= 15 is 0 Å². The van der Waals surface area contributed by atoms with Gasteiger partial charge in [-0.05, 0) is 65.6 Å². The van der Waals surface area contributed by atoms with Gasteiger partial charge in [-0.25, -0.2) is 0 Å². The lowest BCUT2D eigenvalue weighted by Crippen LogP contribution is -2.35. The molecule has 1 N–H and O–H groups in total. The molecule has 2 aliphatic heterocycles. The molecule has 31 heavy (non-hydrogen) atoms. The third-order valence-electron chi connectivity index (χ3n) is 6.17. The molecule has 3 rings (SSSR count). The number of rotatable bonds is 8. The molecule has 0 spiro atoms. The first-order chi connectivity index (χ1) is 14.8. The largest absolute Gasteiger partial charge is 0.492 e. The summed E-state index contributed by atoms with van der Waals surface area (Å²) in [5, 5.41) is 13.8. The summed E-state index contributed by atoms with van der Waals surface area (Å²) in [6.45, 7) is 9.55. The molecule has 0 aromatic heterocycles. The minimum absolute atomic E-state index is 0.0417. The molecular weight excluding hydrogens is 392 g/mol. The number of hydrogen-bond donors (Lipinski definition) is 1. The second-order valence-electron chi connectivity index (χ2n) is 8.99. The summed E-state index contributed by atoms with van der Waals surface area (Å²) in [4.78, 5) is 2.32. The summed E-state index contributed by atoms with van der Waals surface area (Å²) in [6.07, 6.45) is 7.71. The highest BCUT2D eigenvalue weighted by atomic mass is 16.7. The Morgan fingerprint density at radius 2 is 1.90 bits per heavy atom. The van der Waals surface area contributed by atoms with Crippen molar-refractivity contribution in [3.05, 3.63) is 40.5 Å². The van der Waals surface area contributed by atoms with E-state index in [0.29, 0.717) is 12.2 Å². The predicted molar refractivity (Wildman–Crippen MR) is 124 cm³/mol. The van der Waals surface area contributed by atoms with Gasteiger partial charge in [-0.15, -0.1) is 0 Å². The summed E-state index contributed by atoms with van der Waals surface area (Å²) in [6, 6.07) is 2.12. The number of benzene rings is 1. The van der Waals surface area contributed by atoms with E-state index in [1.807, 2.05) is 0 Å². The van der Waals surface area contributed by atoms with E-state index in [4.69, 9.17) is 14.2 Å². The Bertz CT molecular complexity index is 860. The van der Waals surface area contributed by atoms with Crippen molar-refractivity contribution >= 4 is 5.71 Å².